The highest BCUT2D eigenvalue weighted by molar-refractivity contribution is 7.92. The Morgan fingerprint density at radius 2 is 2.10 bits per heavy atom. The van der Waals surface area contributed by atoms with Crippen molar-refractivity contribution in [2.75, 3.05) is 4.72 Å². The van der Waals surface area contributed by atoms with Gasteiger partial charge in [0.1, 0.15) is 4.90 Å². The molecule has 0 saturated heterocycles. The number of carboxylic acids is 1. The number of carbonyl (C=O) groups is 1. The molecule has 1 heterocycles. The van der Waals surface area contributed by atoms with Crippen LogP contribution in [0.15, 0.2) is 35.4 Å². The van der Waals surface area contributed by atoms with Crippen molar-refractivity contribution >= 4 is 33.4 Å². The van der Waals surface area contributed by atoms with Crippen molar-refractivity contribution in [3.8, 4) is 0 Å². The molecule has 0 aliphatic carbocycles. The summed E-state index contributed by atoms with van der Waals surface area (Å²) in [7, 11) is -2.37. The zero-order valence-electron chi connectivity index (χ0n) is 10.2. The van der Waals surface area contributed by atoms with E-state index >= 15 is 0 Å². The van der Waals surface area contributed by atoms with Crippen molar-refractivity contribution in [2.45, 2.75) is 4.90 Å². The van der Waals surface area contributed by atoms with Crippen LogP contribution in [-0.4, -0.2) is 29.3 Å². The third-order valence-corrected chi connectivity index (χ3v) is 4.26. The SMILES string of the molecule is Cn1ccc(NS(=O)(=O)c2cc(C(=O)O)ccc2Cl)n1. The maximum Gasteiger partial charge on any atom is 0.335 e. The number of benzene rings is 1. The quantitative estimate of drug-likeness (QED) is 0.891. The summed E-state index contributed by atoms with van der Waals surface area (Å²) in [5, 5.41) is 12.7. The van der Waals surface area contributed by atoms with E-state index in [1.807, 2.05) is 0 Å². The third-order valence-electron chi connectivity index (χ3n) is 2.42. The molecule has 7 nitrogen and oxygen atoms in total. The molecule has 0 spiro atoms. The zero-order valence-corrected chi connectivity index (χ0v) is 11.8. The number of rotatable bonds is 4. The van der Waals surface area contributed by atoms with Crippen LogP contribution in [-0.2, 0) is 17.1 Å². The van der Waals surface area contributed by atoms with E-state index in [1.165, 1.54) is 22.9 Å². The molecule has 0 aliphatic heterocycles. The van der Waals surface area contributed by atoms with Crippen LogP contribution < -0.4 is 4.72 Å². The summed E-state index contributed by atoms with van der Waals surface area (Å²) in [6.45, 7) is 0. The number of nitrogens with zero attached hydrogens (tertiary/aromatic N) is 2. The van der Waals surface area contributed by atoms with Gasteiger partial charge >= 0.3 is 5.97 Å². The number of aromatic nitrogens is 2. The van der Waals surface area contributed by atoms with Gasteiger partial charge in [0.15, 0.2) is 5.82 Å². The lowest BCUT2D eigenvalue weighted by Gasteiger charge is -2.08. The first-order valence-corrected chi connectivity index (χ1v) is 7.21. The molecule has 0 saturated carbocycles. The highest BCUT2D eigenvalue weighted by Crippen LogP contribution is 2.24. The van der Waals surface area contributed by atoms with Gasteiger partial charge in [-0.25, -0.2) is 13.2 Å². The topological polar surface area (TPSA) is 101 Å². The Morgan fingerprint density at radius 3 is 2.65 bits per heavy atom. The molecule has 0 atom stereocenters. The second-order valence-electron chi connectivity index (χ2n) is 3.93. The Labute approximate surface area is 119 Å². The Morgan fingerprint density at radius 1 is 1.40 bits per heavy atom. The maximum atomic E-state index is 12.2. The molecule has 1 aromatic carbocycles. The van der Waals surface area contributed by atoms with Gasteiger partial charge in [-0.3, -0.25) is 9.40 Å². The number of hydrogen-bond acceptors (Lipinski definition) is 4. The summed E-state index contributed by atoms with van der Waals surface area (Å²) in [6.07, 6.45) is 1.56. The lowest BCUT2D eigenvalue weighted by molar-refractivity contribution is 0.0696. The Bertz CT molecular complexity index is 770. The van der Waals surface area contributed by atoms with Crippen LogP contribution in [0.4, 0.5) is 5.82 Å². The lowest BCUT2D eigenvalue weighted by Crippen LogP contribution is -2.15. The van der Waals surface area contributed by atoms with Crippen molar-refractivity contribution < 1.29 is 18.3 Å². The average Bonchev–Trinajstić information content (AvgIpc) is 2.73. The number of aromatic carboxylic acids is 1. The van der Waals surface area contributed by atoms with Gasteiger partial charge in [-0.1, -0.05) is 11.6 Å². The van der Waals surface area contributed by atoms with Gasteiger partial charge < -0.3 is 5.11 Å². The number of hydrogen-bond donors (Lipinski definition) is 2. The molecule has 0 fully saturated rings. The minimum atomic E-state index is -4.01. The van der Waals surface area contributed by atoms with E-state index in [0.29, 0.717) is 0 Å². The highest BCUT2D eigenvalue weighted by atomic mass is 35.5. The van der Waals surface area contributed by atoms with Crippen LogP contribution in [0, 0.1) is 0 Å². The van der Waals surface area contributed by atoms with Crippen molar-refractivity contribution in [1.29, 1.82) is 0 Å². The van der Waals surface area contributed by atoms with Gasteiger partial charge in [-0.05, 0) is 18.2 Å². The first-order chi connectivity index (χ1) is 9.29. The lowest BCUT2D eigenvalue weighted by atomic mass is 10.2. The van der Waals surface area contributed by atoms with E-state index in [9.17, 15) is 13.2 Å². The van der Waals surface area contributed by atoms with Crippen LogP contribution in [0.3, 0.4) is 0 Å². The molecule has 106 valence electrons. The van der Waals surface area contributed by atoms with Gasteiger partial charge in [-0.15, -0.1) is 0 Å². The Kier molecular flexibility index (Phi) is 3.69. The second kappa shape index (κ2) is 5.14. The molecule has 0 aliphatic rings. The van der Waals surface area contributed by atoms with E-state index in [0.717, 1.165) is 6.07 Å². The molecule has 0 amide bonds. The van der Waals surface area contributed by atoms with E-state index in [4.69, 9.17) is 16.7 Å². The number of sulfonamides is 1. The summed E-state index contributed by atoms with van der Waals surface area (Å²) in [4.78, 5) is 10.6. The molecule has 2 rings (SSSR count). The molecular formula is C11H10ClN3O4S. The molecule has 2 aromatic rings. The van der Waals surface area contributed by atoms with Crippen LogP contribution in [0.1, 0.15) is 10.4 Å². The predicted molar refractivity (Wildman–Crippen MR) is 72.4 cm³/mol. The van der Waals surface area contributed by atoms with Gasteiger partial charge in [0.25, 0.3) is 10.0 Å². The summed E-state index contributed by atoms with van der Waals surface area (Å²) in [6, 6.07) is 4.91. The molecule has 0 bridgehead atoms. The minimum absolute atomic E-state index is 0.0709. The molecule has 0 radical (unpaired) electrons. The van der Waals surface area contributed by atoms with Gasteiger partial charge in [-0.2, -0.15) is 5.10 Å². The molecule has 1 aromatic heterocycles. The van der Waals surface area contributed by atoms with E-state index in [2.05, 4.69) is 9.82 Å². The normalized spacial score (nSPS) is 11.3. The number of halogens is 1. The fraction of sp³-hybridized carbons (Fsp3) is 0.0909. The Balaban J connectivity index is 2.43. The van der Waals surface area contributed by atoms with Crippen LogP contribution in [0.2, 0.25) is 5.02 Å². The minimum Gasteiger partial charge on any atom is -0.478 e. The van der Waals surface area contributed by atoms with E-state index in [1.54, 1.807) is 13.2 Å². The summed E-state index contributed by atoms with van der Waals surface area (Å²) < 4.78 is 28.0. The standard InChI is InChI=1S/C11H10ClN3O4S/c1-15-5-4-10(13-15)14-20(18,19)9-6-7(11(16)17)2-3-8(9)12/h2-6H,1H3,(H,13,14)(H,16,17). The van der Waals surface area contributed by atoms with Crippen molar-refractivity contribution in [2.24, 2.45) is 7.05 Å². The fourth-order valence-corrected chi connectivity index (χ4v) is 3.03. The van der Waals surface area contributed by atoms with Crippen molar-refractivity contribution in [3.63, 3.8) is 0 Å². The predicted octanol–water partition coefficient (Wildman–Crippen LogP) is 1.57. The summed E-state index contributed by atoms with van der Waals surface area (Å²) >= 11 is 5.82. The van der Waals surface area contributed by atoms with Gasteiger partial charge in [0.05, 0.1) is 10.6 Å². The first-order valence-electron chi connectivity index (χ1n) is 5.35. The highest BCUT2D eigenvalue weighted by Gasteiger charge is 2.21. The number of carboxylic acid groups (broad SMARTS) is 1. The van der Waals surface area contributed by atoms with Gasteiger partial charge in [0, 0.05) is 19.3 Å². The molecule has 0 unspecified atom stereocenters. The van der Waals surface area contributed by atoms with Crippen LogP contribution in [0.25, 0.3) is 0 Å². The van der Waals surface area contributed by atoms with Crippen LogP contribution in [0.5, 0.6) is 0 Å². The monoisotopic (exact) mass is 315 g/mol. The van der Waals surface area contributed by atoms with E-state index in [-0.39, 0.29) is 21.3 Å². The number of nitrogens with one attached hydrogen (secondary N) is 1. The Hall–Kier alpha value is -2.06. The molecule has 2 N–H and O–H groups in total. The zero-order chi connectivity index (χ0) is 14.9. The van der Waals surface area contributed by atoms with Crippen molar-refractivity contribution in [3.05, 3.63) is 41.0 Å². The second-order valence-corrected chi connectivity index (χ2v) is 5.99. The summed E-state index contributed by atoms with van der Waals surface area (Å²) in [5.74, 6) is -1.12. The van der Waals surface area contributed by atoms with E-state index < -0.39 is 16.0 Å². The van der Waals surface area contributed by atoms with Crippen LogP contribution >= 0.6 is 11.6 Å². The van der Waals surface area contributed by atoms with Crippen molar-refractivity contribution in [1.82, 2.24) is 9.78 Å². The fourth-order valence-electron chi connectivity index (χ4n) is 1.50. The maximum absolute atomic E-state index is 12.2. The first kappa shape index (κ1) is 14.4. The molecule has 9 heteroatoms. The molecular weight excluding hydrogens is 306 g/mol. The number of anilines is 1. The van der Waals surface area contributed by atoms with Gasteiger partial charge in [0.2, 0.25) is 0 Å². The third kappa shape index (κ3) is 2.91. The average molecular weight is 316 g/mol. The smallest absolute Gasteiger partial charge is 0.335 e. The summed E-state index contributed by atoms with van der Waals surface area (Å²) in [5.41, 5.74) is -0.171. The molecule has 20 heavy (non-hydrogen) atoms. The number of aryl methyl sites for hydroxylation is 1. The largest absolute Gasteiger partial charge is 0.478 e.